The van der Waals surface area contributed by atoms with Crippen LogP contribution in [0, 0.1) is 0 Å². The number of thioether (sulfide) groups is 1. The lowest BCUT2D eigenvalue weighted by atomic mass is 10.0. The Kier molecular flexibility index (Phi) is 4.86. The average Bonchev–Trinajstić information content (AvgIpc) is 3.33. The van der Waals surface area contributed by atoms with Gasteiger partial charge >= 0.3 is 0 Å². The number of nitrogens with one attached hydrogen (secondary N) is 1. The molecular formula is C23H17N5OS. The number of aromatic amines is 1. The molecule has 0 aliphatic heterocycles. The van der Waals surface area contributed by atoms with Gasteiger partial charge in [-0.15, -0.1) is 0 Å². The summed E-state index contributed by atoms with van der Waals surface area (Å²) in [5.41, 5.74) is 4.00. The molecule has 5 rings (SSSR count). The number of hydrogen-bond donors (Lipinski definition) is 1. The zero-order chi connectivity index (χ0) is 20.3. The third-order valence-corrected chi connectivity index (χ3v) is 5.80. The largest absolute Gasteiger partial charge is 0.269 e. The molecule has 0 aliphatic carbocycles. The van der Waals surface area contributed by atoms with Crippen LogP contribution in [0.5, 0.6) is 0 Å². The van der Waals surface area contributed by atoms with Gasteiger partial charge in [-0.3, -0.25) is 4.79 Å². The van der Waals surface area contributed by atoms with Crippen molar-refractivity contribution in [2.24, 2.45) is 0 Å². The lowest BCUT2D eigenvalue weighted by Crippen LogP contribution is -2.22. The van der Waals surface area contributed by atoms with Crippen molar-refractivity contribution in [3.05, 3.63) is 101 Å². The maximum atomic E-state index is 13.1. The van der Waals surface area contributed by atoms with Crippen LogP contribution < -0.4 is 5.56 Å². The van der Waals surface area contributed by atoms with E-state index >= 15 is 0 Å². The monoisotopic (exact) mass is 411 g/mol. The number of rotatable bonds is 5. The molecule has 0 fully saturated rings. The third-order valence-electron chi connectivity index (χ3n) is 4.79. The van der Waals surface area contributed by atoms with Gasteiger partial charge in [0.1, 0.15) is 6.33 Å². The predicted octanol–water partition coefficient (Wildman–Crippen LogP) is 4.46. The van der Waals surface area contributed by atoms with Crippen molar-refractivity contribution < 1.29 is 0 Å². The lowest BCUT2D eigenvalue weighted by molar-refractivity contribution is 0.771. The maximum Gasteiger partial charge on any atom is 0.269 e. The van der Waals surface area contributed by atoms with Crippen LogP contribution in [0.3, 0.4) is 0 Å². The molecular weight excluding hydrogens is 394 g/mol. The Labute approximate surface area is 176 Å². The molecule has 7 heteroatoms. The Morgan fingerprint density at radius 2 is 1.60 bits per heavy atom. The average molecular weight is 411 g/mol. The number of fused-ring (bicyclic) bond motifs is 1. The van der Waals surface area contributed by atoms with E-state index in [0.29, 0.717) is 27.8 Å². The van der Waals surface area contributed by atoms with E-state index in [-0.39, 0.29) is 5.56 Å². The van der Waals surface area contributed by atoms with E-state index in [9.17, 15) is 4.79 Å². The molecule has 1 N–H and O–H groups in total. The summed E-state index contributed by atoms with van der Waals surface area (Å²) in [5.74, 6) is 1.04. The summed E-state index contributed by atoms with van der Waals surface area (Å²) < 4.78 is 1.48. The van der Waals surface area contributed by atoms with Gasteiger partial charge in [-0.05, 0) is 28.8 Å². The SMILES string of the molecule is O=c1c2ccccc2nc(SCc2ccc(-c3ccccc3)cc2)n1-c1ncn[nH]1. The van der Waals surface area contributed by atoms with Crippen LogP contribution in [0.2, 0.25) is 0 Å². The van der Waals surface area contributed by atoms with Crippen molar-refractivity contribution in [3.8, 4) is 17.1 Å². The molecule has 0 aliphatic rings. The minimum atomic E-state index is -0.167. The second kappa shape index (κ2) is 7.96. The van der Waals surface area contributed by atoms with Crippen molar-refractivity contribution in [1.82, 2.24) is 24.7 Å². The van der Waals surface area contributed by atoms with Crippen LogP contribution in [0.1, 0.15) is 5.56 Å². The fourth-order valence-electron chi connectivity index (χ4n) is 3.27. The Balaban J connectivity index is 1.47. The fourth-order valence-corrected chi connectivity index (χ4v) is 4.22. The van der Waals surface area contributed by atoms with Gasteiger partial charge in [0, 0.05) is 5.75 Å². The Morgan fingerprint density at radius 1 is 0.867 bits per heavy atom. The highest BCUT2D eigenvalue weighted by Gasteiger charge is 2.15. The number of hydrogen-bond acceptors (Lipinski definition) is 5. The Hall–Kier alpha value is -3.71. The third kappa shape index (κ3) is 3.51. The van der Waals surface area contributed by atoms with Crippen LogP contribution >= 0.6 is 11.8 Å². The summed E-state index contributed by atoms with van der Waals surface area (Å²) in [6, 6.07) is 26.0. The number of para-hydroxylation sites is 1. The minimum Gasteiger partial charge on any atom is -0.268 e. The van der Waals surface area contributed by atoms with Crippen LogP contribution in [0.25, 0.3) is 28.0 Å². The number of H-pyrrole nitrogens is 1. The first kappa shape index (κ1) is 18.3. The first-order chi connectivity index (χ1) is 14.8. The van der Waals surface area contributed by atoms with Crippen LogP contribution in [0.15, 0.2) is 95.1 Å². The second-order valence-corrected chi connectivity index (χ2v) is 7.66. The minimum absolute atomic E-state index is 0.167. The van der Waals surface area contributed by atoms with E-state index in [1.807, 2.05) is 36.4 Å². The Bertz CT molecular complexity index is 1350. The topological polar surface area (TPSA) is 76.5 Å². The van der Waals surface area contributed by atoms with E-state index in [0.717, 1.165) is 5.56 Å². The molecule has 3 aromatic carbocycles. The molecule has 6 nitrogen and oxygen atoms in total. The standard InChI is InChI=1S/C23H17N5OS/c29-21-19-8-4-5-9-20(19)26-23(28(21)22-24-15-25-27-22)30-14-16-10-12-18(13-11-16)17-6-2-1-3-7-17/h1-13,15H,14H2,(H,24,25,27). The summed E-state index contributed by atoms with van der Waals surface area (Å²) >= 11 is 1.49. The quantitative estimate of drug-likeness (QED) is 0.341. The van der Waals surface area contributed by atoms with E-state index in [1.54, 1.807) is 6.07 Å². The van der Waals surface area contributed by atoms with Crippen LogP contribution in [-0.2, 0) is 5.75 Å². The highest BCUT2D eigenvalue weighted by molar-refractivity contribution is 7.98. The van der Waals surface area contributed by atoms with Gasteiger partial charge in [-0.1, -0.05) is 78.5 Å². The smallest absolute Gasteiger partial charge is 0.268 e. The molecule has 0 saturated carbocycles. The van der Waals surface area contributed by atoms with Crippen LogP contribution in [-0.4, -0.2) is 24.7 Å². The number of nitrogens with zero attached hydrogens (tertiary/aromatic N) is 4. The zero-order valence-corrected chi connectivity index (χ0v) is 16.7. The molecule has 0 radical (unpaired) electrons. The molecule has 0 amide bonds. The Morgan fingerprint density at radius 3 is 2.37 bits per heavy atom. The lowest BCUT2D eigenvalue weighted by Gasteiger charge is -2.11. The highest BCUT2D eigenvalue weighted by Crippen LogP contribution is 2.25. The van der Waals surface area contributed by atoms with E-state index in [1.165, 1.54) is 33.8 Å². The van der Waals surface area contributed by atoms with Gasteiger partial charge in [-0.25, -0.2) is 14.6 Å². The normalized spacial score (nSPS) is 11.1. The van der Waals surface area contributed by atoms with Crippen molar-refractivity contribution in [2.75, 3.05) is 0 Å². The molecule has 2 aromatic heterocycles. The van der Waals surface area contributed by atoms with E-state index < -0.39 is 0 Å². The maximum absolute atomic E-state index is 13.1. The van der Waals surface area contributed by atoms with E-state index in [2.05, 4.69) is 51.6 Å². The van der Waals surface area contributed by atoms with Crippen molar-refractivity contribution >= 4 is 22.7 Å². The van der Waals surface area contributed by atoms with Gasteiger partial charge in [-0.2, -0.15) is 10.1 Å². The predicted molar refractivity (Wildman–Crippen MR) is 119 cm³/mol. The molecule has 0 spiro atoms. The van der Waals surface area contributed by atoms with Crippen LogP contribution in [0.4, 0.5) is 0 Å². The zero-order valence-electron chi connectivity index (χ0n) is 15.9. The molecule has 30 heavy (non-hydrogen) atoms. The molecule has 5 aromatic rings. The van der Waals surface area contributed by atoms with Crippen molar-refractivity contribution in [3.63, 3.8) is 0 Å². The van der Waals surface area contributed by atoms with Gasteiger partial charge in [0.05, 0.1) is 10.9 Å². The molecule has 0 bridgehead atoms. The summed E-state index contributed by atoms with van der Waals surface area (Å²) in [7, 11) is 0. The van der Waals surface area contributed by atoms with Gasteiger partial charge in [0.15, 0.2) is 5.16 Å². The molecule has 146 valence electrons. The van der Waals surface area contributed by atoms with Gasteiger partial charge < -0.3 is 0 Å². The summed E-state index contributed by atoms with van der Waals surface area (Å²) in [4.78, 5) is 22.0. The summed E-state index contributed by atoms with van der Waals surface area (Å²) in [6.45, 7) is 0. The molecule has 0 unspecified atom stereocenters. The van der Waals surface area contributed by atoms with E-state index in [4.69, 9.17) is 4.98 Å². The summed E-state index contributed by atoms with van der Waals surface area (Å²) in [6.07, 6.45) is 1.38. The van der Waals surface area contributed by atoms with Crippen molar-refractivity contribution in [2.45, 2.75) is 10.9 Å². The second-order valence-electron chi connectivity index (χ2n) is 6.71. The first-order valence-electron chi connectivity index (χ1n) is 9.44. The number of benzene rings is 3. The molecule has 2 heterocycles. The van der Waals surface area contributed by atoms with Gasteiger partial charge in [0.25, 0.3) is 5.56 Å². The fraction of sp³-hybridized carbons (Fsp3) is 0.0435. The molecule has 0 atom stereocenters. The van der Waals surface area contributed by atoms with Crippen molar-refractivity contribution in [1.29, 1.82) is 0 Å². The number of aromatic nitrogens is 5. The molecule has 0 saturated heterocycles. The first-order valence-corrected chi connectivity index (χ1v) is 10.4. The van der Waals surface area contributed by atoms with Gasteiger partial charge in [0.2, 0.25) is 5.95 Å². The summed E-state index contributed by atoms with van der Waals surface area (Å²) in [5, 5.41) is 7.78. The highest BCUT2D eigenvalue weighted by atomic mass is 32.2.